The lowest BCUT2D eigenvalue weighted by Gasteiger charge is -2.23. The maximum absolute atomic E-state index is 11.3. The lowest BCUT2D eigenvalue weighted by molar-refractivity contribution is -0.138. The highest BCUT2D eigenvalue weighted by molar-refractivity contribution is 5.78. The van der Waals surface area contributed by atoms with Crippen molar-refractivity contribution in [2.75, 3.05) is 11.4 Å². The maximum atomic E-state index is 11.3. The van der Waals surface area contributed by atoms with Crippen molar-refractivity contribution < 1.29 is 9.90 Å². The number of carbonyl (C=O) groups is 1. The largest absolute Gasteiger partial charge is 0.480 e. The smallest absolute Gasteiger partial charge is 0.326 e. The van der Waals surface area contributed by atoms with Gasteiger partial charge < -0.3 is 10.0 Å². The van der Waals surface area contributed by atoms with Crippen LogP contribution in [0.3, 0.4) is 0 Å². The zero-order valence-corrected chi connectivity index (χ0v) is 11.7. The quantitative estimate of drug-likeness (QED) is 0.927. The van der Waals surface area contributed by atoms with Gasteiger partial charge >= 0.3 is 5.97 Å². The molecule has 1 fully saturated rings. The molecule has 2 aromatic heterocycles. The van der Waals surface area contributed by atoms with Gasteiger partial charge in [-0.2, -0.15) is 0 Å². The van der Waals surface area contributed by atoms with Gasteiger partial charge in [-0.25, -0.2) is 14.8 Å². The van der Waals surface area contributed by atoms with Gasteiger partial charge in [0.25, 0.3) is 0 Å². The second kappa shape index (κ2) is 5.47. The lowest BCUT2D eigenvalue weighted by Crippen LogP contribution is -2.36. The summed E-state index contributed by atoms with van der Waals surface area (Å²) >= 11 is 0. The highest BCUT2D eigenvalue weighted by atomic mass is 16.4. The molecule has 6 nitrogen and oxygen atoms in total. The Bertz CT molecular complexity index is 660. The van der Waals surface area contributed by atoms with E-state index in [1.165, 1.54) is 0 Å². The molecular formula is C15H16N4O2. The molecule has 1 saturated heterocycles. The van der Waals surface area contributed by atoms with E-state index in [9.17, 15) is 9.90 Å². The highest BCUT2D eigenvalue weighted by Gasteiger charge is 2.31. The number of carboxylic acid groups (broad SMARTS) is 1. The molecule has 0 amide bonds. The number of anilines is 1. The molecule has 0 bridgehead atoms. The summed E-state index contributed by atoms with van der Waals surface area (Å²) in [6.07, 6.45) is 3.20. The van der Waals surface area contributed by atoms with Crippen LogP contribution in [0.2, 0.25) is 0 Å². The van der Waals surface area contributed by atoms with Crippen LogP contribution in [0.1, 0.15) is 18.5 Å². The summed E-state index contributed by atoms with van der Waals surface area (Å²) < 4.78 is 0. The molecule has 0 aromatic carbocycles. The Morgan fingerprint density at radius 1 is 1.38 bits per heavy atom. The SMILES string of the molecule is Cc1cc(N2CCCC2C(=O)O)nc(-c2ccccn2)n1. The van der Waals surface area contributed by atoms with Crippen molar-refractivity contribution in [2.24, 2.45) is 0 Å². The number of hydrogen-bond donors (Lipinski definition) is 1. The first-order chi connectivity index (χ1) is 10.1. The van der Waals surface area contributed by atoms with E-state index in [-0.39, 0.29) is 0 Å². The highest BCUT2D eigenvalue weighted by Crippen LogP contribution is 2.26. The fourth-order valence-electron chi connectivity index (χ4n) is 2.61. The van der Waals surface area contributed by atoms with E-state index >= 15 is 0 Å². The topological polar surface area (TPSA) is 79.2 Å². The van der Waals surface area contributed by atoms with E-state index in [2.05, 4.69) is 15.0 Å². The first kappa shape index (κ1) is 13.5. The normalized spacial score (nSPS) is 18.0. The minimum atomic E-state index is -0.803. The van der Waals surface area contributed by atoms with Crippen molar-refractivity contribution >= 4 is 11.8 Å². The minimum Gasteiger partial charge on any atom is -0.480 e. The number of aliphatic carboxylic acids is 1. The van der Waals surface area contributed by atoms with Crippen LogP contribution in [0.4, 0.5) is 5.82 Å². The number of aryl methyl sites for hydroxylation is 1. The van der Waals surface area contributed by atoms with Gasteiger partial charge in [-0.05, 0) is 31.9 Å². The van der Waals surface area contributed by atoms with Crippen molar-refractivity contribution in [3.8, 4) is 11.5 Å². The Hall–Kier alpha value is -2.50. The Labute approximate surface area is 122 Å². The summed E-state index contributed by atoms with van der Waals surface area (Å²) in [7, 11) is 0. The number of rotatable bonds is 3. The fraction of sp³-hybridized carbons (Fsp3) is 0.333. The monoisotopic (exact) mass is 284 g/mol. The summed E-state index contributed by atoms with van der Waals surface area (Å²) in [5.74, 6) is 0.387. The van der Waals surface area contributed by atoms with Crippen LogP contribution in [0.15, 0.2) is 30.5 Å². The zero-order valence-electron chi connectivity index (χ0n) is 11.7. The number of hydrogen-bond acceptors (Lipinski definition) is 5. The number of pyridine rings is 1. The van der Waals surface area contributed by atoms with Gasteiger partial charge in [-0.1, -0.05) is 6.07 Å². The molecule has 2 aromatic rings. The fourth-order valence-corrected chi connectivity index (χ4v) is 2.61. The summed E-state index contributed by atoms with van der Waals surface area (Å²) in [5.41, 5.74) is 1.49. The second-order valence-corrected chi connectivity index (χ2v) is 5.10. The Balaban J connectivity index is 2.00. The zero-order chi connectivity index (χ0) is 14.8. The molecule has 0 saturated carbocycles. The number of aromatic nitrogens is 3. The predicted octanol–water partition coefficient (Wildman–Crippen LogP) is 1.90. The molecule has 0 spiro atoms. The van der Waals surface area contributed by atoms with Gasteiger partial charge in [-0.15, -0.1) is 0 Å². The van der Waals surface area contributed by atoms with Crippen LogP contribution in [0, 0.1) is 6.92 Å². The molecule has 1 unspecified atom stereocenters. The average Bonchev–Trinajstić information content (AvgIpc) is 2.97. The van der Waals surface area contributed by atoms with Crippen LogP contribution >= 0.6 is 0 Å². The molecule has 0 aliphatic carbocycles. The molecule has 3 heterocycles. The Morgan fingerprint density at radius 2 is 2.24 bits per heavy atom. The molecule has 1 atom stereocenters. The summed E-state index contributed by atoms with van der Waals surface area (Å²) in [6, 6.07) is 6.88. The molecule has 108 valence electrons. The van der Waals surface area contributed by atoms with Crippen LogP contribution < -0.4 is 4.90 Å². The summed E-state index contributed by atoms with van der Waals surface area (Å²) in [5, 5.41) is 9.30. The summed E-state index contributed by atoms with van der Waals surface area (Å²) in [6.45, 7) is 2.58. The predicted molar refractivity (Wildman–Crippen MR) is 78.0 cm³/mol. The number of nitrogens with zero attached hydrogens (tertiary/aromatic N) is 4. The van der Waals surface area contributed by atoms with Gasteiger partial charge in [0, 0.05) is 24.5 Å². The third-order valence-corrected chi connectivity index (χ3v) is 3.57. The van der Waals surface area contributed by atoms with E-state index < -0.39 is 12.0 Å². The molecule has 1 aliphatic rings. The molecule has 6 heteroatoms. The van der Waals surface area contributed by atoms with Crippen LogP contribution in [0.25, 0.3) is 11.5 Å². The lowest BCUT2D eigenvalue weighted by atomic mass is 10.2. The van der Waals surface area contributed by atoms with Crippen molar-refractivity contribution in [2.45, 2.75) is 25.8 Å². The molecular weight excluding hydrogens is 268 g/mol. The third-order valence-electron chi connectivity index (χ3n) is 3.57. The Kier molecular flexibility index (Phi) is 3.51. The third kappa shape index (κ3) is 2.69. The average molecular weight is 284 g/mol. The van der Waals surface area contributed by atoms with E-state index in [1.807, 2.05) is 36.1 Å². The molecule has 1 N–H and O–H groups in total. The van der Waals surface area contributed by atoms with Gasteiger partial charge in [0.15, 0.2) is 5.82 Å². The standard InChI is InChI=1S/C15H16N4O2/c1-10-9-13(19-8-4-6-12(19)15(20)21)18-14(17-10)11-5-2-3-7-16-11/h2-3,5,7,9,12H,4,6,8H2,1H3,(H,20,21). The van der Waals surface area contributed by atoms with Crippen LogP contribution in [-0.4, -0.2) is 38.6 Å². The Morgan fingerprint density at radius 3 is 2.95 bits per heavy atom. The van der Waals surface area contributed by atoms with E-state index in [0.29, 0.717) is 30.3 Å². The van der Waals surface area contributed by atoms with E-state index in [4.69, 9.17) is 0 Å². The molecule has 0 radical (unpaired) electrons. The molecule has 1 aliphatic heterocycles. The first-order valence-electron chi connectivity index (χ1n) is 6.91. The van der Waals surface area contributed by atoms with Crippen molar-refractivity contribution in [3.05, 3.63) is 36.2 Å². The van der Waals surface area contributed by atoms with Crippen LogP contribution in [0.5, 0.6) is 0 Å². The van der Waals surface area contributed by atoms with E-state index in [1.54, 1.807) is 6.20 Å². The second-order valence-electron chi connectivity index (χ2n) is 5.10. The summed E-state index contributed by atoms with van der Waals surface area (Å²) in [4.78, 5) is 26.3. The van der Waals surface area contributed by atoms with Crippen molar-refractivity contribution in [1.82, 2.24) is 15.0 Å². The number of carboxylic acids is 1. The van der Waals surface area contributed by atoms with Crippen molar-refractivity contribution in [1.29, 1.82) is 0 Å². The van der Waals surface area contributed by atoms with Crippen LogP contribution in [-0.2, 0) is 4.79 Å². The van der Waals surface area contributed by atoms with E-state index in [0.717, 1.165) is 12.1 Å². The van der Waals surface area contributed by atoms with Crippen molar-refractivity contribution in [3.63, 3.8) is 0 Å². The van der Waals surface area contributed by atoms with Gasteiger partial charge in [0.05, 0.1) is 0 Å². The molecule has 21 heavy (non-hydrogen) atoms. The first-order valence-corrected chi connectivity index (χ1v) is 6.91. The van der Waals surface area contributed by atoms with Gasteiger partial charge in [0.2, 0.25) is 0 Å². The van der Waals surface area contributed by atoms with Gasteiger partial charge in [-0.3, -0.25) is 4.98 Å². The molecule has 3 rings (SSSR count). The maximum Gasteiger partial charge on any atom is 0.326 e. The minimum absolute atomic E-state index is 0.504. The van der Waals surface area contributed by atoms with Gasteiger partial charge in [0.1, 0.15) is 17.6 Å².